The van der Waals surface area contributed by atoms with Gasteiger partial charge in [0.05, 0.1) is 5.92 Å². The van der Waals surface area contributed by atoms with E-state index < -0.39 is 0 Å². The lowest BCUT2D eigenvalue weighted by Crippen LogP contribution is -2.34. The van der Waals surface area contributed by atoms with Crippen molar-refractivity contribution in [2.75, 3.05) is 7.05 Å². The second-order valence-electron chi connectivity index (χ2n) is 5.12. The SMILES string of the molecule is CNC1CCCCC1c1nc(-c2ccn(C)n2)no1. The summed E-state index contributed by atoms with van der Waals surface area (Å²) in [5, 5.41) is 11.7. The van der Waals surface area contributed by atoms with Gasteiger partial charge in [0.15, 0.2) is 0 Å². The van der Waals surface area contributed by atoms with Crippen LogP contribution in [0.25, 0.3) is 11.5 Å². The third-order valence-corrected chi connectivity index (χ3v) is 3.84. The number of nitrogens with zero attached hydrogens (tertiary/aromatic N) is 4. The number of aryl methyl sites for hydroxylation is 1. The number of aromatic nitrogens is 4. The van der Waals surface area contributed by atoms with Crippen molar-refractivity contribution in [2.24, 2.45) is 7.05 Å². The maximum atomic E-state index is 5.45. The highest BCUT2D eigenvalue weighted by atomic mass is 16.5. The molecule has 2 atom stereocenters. The molecule has 6 nitrogen and oxygen atoms in total. The van der Waals surface area contributed by atoms with Crippen LogP contribution in [0.5, 0.6) is 0 Å². The van der Waals surface area contributed by atoms with E-state index in [1.807, 2.05) is 26.4 Å². The van der Waals surface area contributed by atoms with Gasteiger partial charge in [0.25, 0.3) is 0 Å². The van der Waals surface area contributed by atoms with E-state index in [9.17, 15) is 0 Å². The van der Waals surface area contributed by atoms with Gasteiger partial charge < -0.3 is 9.84 Å². The summed E-state index contributed by atoms with van der Waals surface area (Å²) < 4.78 is 7.19. The van der Waals surface area contributed by atoms with Crippen LogP contribution in [-0.4, -0.2) is 33.0 Å². The molecule has 0 amide bonds. The van der Waals surface area contributed by atoms with Crippen molar-refractivity contribution in [3.63, 3.8) is 0 Å². The van der Waals surface area contributed by atoms with Crippen LogP contribution in [0.4, 0.5) is 0 Å². The van der Waals surface area contributed by atoms with Gasteiger partial charge in [-0.15, -0.1) is 0 Å². The Hall–Kier alpha value is -1.69. The Morgan fingerprint density at radius 1 is 1.37 bits per heavy atom. The van der Waals surface area contributed by atoms with Gasteiger partial charge in [0.1, 0.15) is 5.69 Å². The molecule has 1 aliphatic rings. The summed E-state index contributed by atoms with van der Waals surface area (Å²) in [5.74, 6) is 1.64. The molecule has 1 N–H and O–H groups in total. The molecule has 0 bridgehead atoms. The van der Waals surface area contributed by atoms with Crippen LogP contribution in [0.2, 0.25) is 0 Å². The van der Waals surface area contributed by atoms with Crippen LogP contribution in [0, 0.1) is 0 Å². The molecular weight excluding hydrogens is 242 g/mol. The summed E-state index contributed by atoms with van der Waals surface area (Å²) in [6.07, 6.45) is 6.65. The van der Waals surface area contributed by atoms with Gasteiger partial charge in [0.2, 0.25) is 11.7 Å². The Bertz CT molecular complexity index is 547. The van der Waals surface area contributed by atoms with E-state index in [2.05, 4.69) is 20.6 Å². The van der Waals surface area contributed by atoms with Gasteiger partial charge in [0, 0.05) is 19.3 Å². The van der Waals surface area contributed by atoms with Crippen LogP contribution < -0.4 is 5.32 Å². The van der Waals surface area contributed by atoms with Crippen LogP contribution in [0.1, 0.15) is 37.5 Å². The second-order valence-corrected chi connectivity index (χ2v) is 5.12. The predicted octanol–water partition coefficient (Wildman–Crippen LogP) is 1.72. The molecular formula is C13H19N5O. The molecule has 0 aliphatic heterocycles. The Balaban J connectivity index is 1.84. The topological polar surface area (TPSA) is 68.8 Å². The van der Waals surface area contributed by atoms with Crippen LogP contribution in [0.15, 0.2) is 16.8 Å². The van der Waals surface area contributed by atoms with Crippen LogP contribution >= 0.6 is 0 Å². The zero-order valence-electron chi connectivity index (χ0n) is 11.3. The molecule has 1 saturated carbocycles. The first-order valence-corrected chi connectivity index (χ1v) is 6.79. The Kier molecular flexibility index (Phi) is 3.33. The van der Waals surface area contributed by atoms with E-state index >= 15 is 0 Å². The van der Waals surface area contributed by atoms with Gasteiger partial charge in [-0.1, -0.05) is 18.0 Å². The minimum absolute atomic E-state index is 0.323. The third kappa shape index (κ3) is 2.40. The molecule has 1 fully saturated rings. The molecule has 0 aromatic carbocycles. The summed E-state index contributed by atoms with van der Waals surface area (Å²) in [7, 11) is 3.88. The number of hydrogen-bond donors (Lipinski definition) is 1. The first kappa shape index (κ1) is 12.3. The van der Waals surface area contributed by atoms with Crippen molar-refractivity contribution in [1.82, 2.24) is 25.2 Å². The highest BCUT2D eigenvalue weighted by Gasteiger charge is 2.30. The molecule has 0 spiro atoms. The highest BCUT2D eigenvalue weighted by molar-refractivity contribution is 5.46. The summed E-state index contributed by atoms with van der Waals surface area (Å²) in [6.45, 7) is 0. The van der Waals surface area contributed by atoms with Gasteiger partial charge in [-0.25, -0.2) is 0 Å². The van der Waals surface area contributed by atoms with Crippen molar-refractivity contribution < 1.29 is 4.52 Å². The zero-order valence-corrected chi connectivity index (χ0v) is 11.3. The normalized spacial score (nSPS) is 23.7. The summed E-state index contributed by atoms with van der Waals surface area (Å²) in [4.78, 5) is 4.52. The maximum absolute atomic E-state index is 5.45. The predicted molar refractivity (Wildman–Crippen MR) is 70.6 cm³/mol. The summed E-state index contributed by atoms with van der Waals surface area (Å²) >= 11 is 0. The number of rotatable bonds is 3. The molecule has 1 aliphatic carbocycles. The minimum Gasteiger partial charge on any atom is -0.339 e. The quantitative estimate of drug-likeness (QED) is 0.911. The van der Waals surface area contributed by atoms with Crippen molar-refractivity contribution in [3.05, 3.63) is 18.2 Å². The molecule has 2 aromatic heterocycles. The highest BCUT2D eigenvalue weighted by Crippen LogP contribution is 2.32. The van der Waals surface area contributed by atoms with E-state index in [-0.39, 0.29) is 0 Å². The largest absolute Gasteiger partial charge is 0.339 e. The Morgan fingerprint density at radius 3 is 2.95 bits per heavy atom. The first-order valence-electron chi connectivity index (χ1n) is 6.79. The van der Waals surface area contributed by atoms with Crippen LogP contribution in [0.3, 0.4) is 0 Å². The lowest BCUT2D eigenvalue weighted by Gasteiger charge is -2.28. The Morgan fingerprint density at radius 2 is 2.21 bits per heavy atom. The summed E-state index contributed by atoms with van der Waals surface area (Å²) in [5.41, 5.74) is 0.759. The average molecular weight is 261 g/mol. The fourth-order valence-corrected chi connectivity index (χ4v) is 2.80. The molecule has 6 heteroatoms. The van der Waals surface area contributed by atoms with Crippen molar-refractivity contribution in [2.45, 2.75) is 37.6 Å². The second kappa shape index (κ2) is 5.13. The number of nitrogens with one attached hydrogen (secondary N) is 1. The first-order chi connectivity index (χ1) is 9.28. The molecule has 2 heterocycles. The van der Waals surface area contributed by atoms with E-state index in [0.717, 1.165) is 18.0 Å². The van der Waals surface area contributed by atoms with E-state index in [1.165, 1.54) is 19.3 Å². The maximum Gasteiger partial charge on any atom is 0.231 e. The third-order valence-electron chi connectivity index (χ3n) is 3.84. The molecule has 2 aromatic rings. The molecule has 19 heavy (non-hydrogen) atoms. The fourth-order valence-electron chi connectivity index (χ4n) is 2.80. The minimum atomic E-state index is 0.323. The van der Waals surface area contributed by atoms with Gasteiger partial charge in [-0.2, -0.15) is 10.1 Å². The van der Waals surface area contributed by atoms with Crippen molar-refractivity contribution in [1.29, 1.82) is 0 Å². The average Bonchev–Trinajstić information content (AvgIpc) is 3.07. The van der Waals surface area contributed by atoms with E-state index in [1.54, 1.807) is 4.68 Å². The van der Waals surface area contributed by atoms with Crippen LogP contribution in [-0.2, 0) is 7.05 Å². The molecule has 0 radical (unpaired) electrons. The van der Waals surface area contributed by atoms with Gasteiger partial charge >= 0.3 is 0 Å². The molecule has 2 unspecified atom stereocenters. The smallest absolute Gasteiger partial charge is 0.231 e. The Labute approximate surface area is 112 Å². The standard InChI is InChI=1S/C13H19N5O/c1-14-10-6-4-3-5-9(10)13-15-12(17-19-13)11-7-8-18(2)16-11/h7-10,14H,3-6H2,1-2H3. The summed E-state index contributed by atoms with van der Waals surface area (Å²) in [6, 6.07) is 2.33. The lowest BCUT2D eigenvalue weighted by atomic mass is 9.84. The lowest BCUT2D eigenvalue weighted by molar-refractivity contribution is 0.270. The monoisotopic (exact) mass is 261 g/mol. The molecule has 102 valence electrons. The van der Waals surface area contributed by atoms with Gasteiger partial charge in [-0.05, 0) is 26.0 Å². The molecule has 3 rings (SSSR count). The fraction of sp³-hybridized carbons (Fsp3) is 0.615. The van der Waals surface area contributed by atoms with E-state index in [0.29, 0.717) is 17.8 Å². The number of likely N-dealkylation sites (N-methyl/N-ethyl adjacent to an activating group) is 1. The zero-order chi connectivity index (χ0) is 13.2. The van der Waals surface area contributed by atoms with Crippen molar-refractivity contribution in [3.8, 4) is 11.5 Å². The number of hydrogen-bond acceptors (Lipinski definition) is 5. The van der Waals surface area contributed by atoms with E-state index in [4.69, 9.17) is 4.52 Å². The van der Waals surface area contributed by atoms with Crippen molar-refractivity contribution >= 4 is 0 Å². The molecule has 0 saturated heterocycles. The van der Waals surface area contributed by atoms with Gasteiger partial charge in [-0.3, -0.25) is 4.68 Å².